The minimum Gasteiger partial charge on any atom is -0.481 e. The minimum absolute atomic E-state index is 0.0627. The molecule has 0 saturated carbocycles. The SMILES string of the molecule is O=C(O)c1occ(-c2nccs2)c(=O)c1OCc1ccccc1. The molecular formula is C16H11NO5S. The van der Waals surface area contributed by atoms with Gasteiger partial charge in [-0.2, -0.15) is 0 Å². The summed E-state index contributed by atoms with van der Waals surface area (Å²) in [6.45, 7) is 0.0627. The quantitative estimate of drug-likeness (QED) is 0.774. The molecule has 1 aromatic carbocycles. The van der Waals surface area contributed by atoms with Crippen molar-refractivity contribution in [3.63, 3.8) is 0 Å². The number of carbonyl (C=O) groups is 1. The molecule has 0 aliphatic carbocycles. The molecule has 2 aromatic heterocycles. The van der Waals surface area contributed by atoms with Gasteiger partial charge in [0.2, 0.25) is 11.2 Å². The van der Waals surface area contributed by atoms with E-state index in [9.17, 15) is 14.7 Å². The first kappa shape index (κ1) is 15.0. The van der Waals surface area contributed by atoms with Crippen LogP contribution in [0.2, 0.25) is 0 Å². The van der Waals surface area contributed by atoms with Crippen LogP contribution in [0.3, 0.4) is 0 Å². The van der Waals surface area contributed by atoms with Crippen molar-refractivity contribution in [1.82, 2.24) is 4.98 Å². The van der Waals surface area contributed by atoms with Gasteiger partial charge >= 0.3 is 5.97 Å². The van der Waals surface area contributed by atoms with Gasteiger partial charge in [-0.15, -0.1) is 11.3 Å². The zero-order valence-electron chi connectivity index (χ0n) is 11.8. The lowest BCUT2D eigenvalue weighted by molar-refractivity contribution is 0.0650. The molecule has 116 valence electrons. The Bertz CT molecular complexity index is 871. The number of aromatic nitrogens is 1. The molecule has 0 saturated heterocycles. The molecule has 2 heterocycles. The topological polar surface area (TPSA) is 89.6 Å². The maximum atomic E-state index is 12.5. The van der Waals surface area contributed by atoms with E-state index in [1.165, 1.54) is 11.3 Å². The fourth-order valence-corrected chi connectivity index (χ4v) is 2.60. The van der Waals surface area contributed by atoms with Crippen LogP contribution in [0.4, 0.5) is 0 Å². The predicted octanol–water partition coefficient (Wildman–Crippen LogP) is 3.04. The molecule has 0 aliphatic heterocycles. The van der Waals surface area contributed by atoms with Crippen LogP contribution in [0.15, 0.2) is 57.4 Å². The van der Waals surface area contributed by atoms with Gasteiger partial charge in [0.05, 0.1) is 5.56 Å². The first-order valence-electron chi connectivity index (χ1n) is 6.62. The van der Waals surface area contributed by atoms with E-state index in [-0.39, 0.29) is 17.9 Å². The number of nitrogens with zero attached hydrogens (tertiary/aromatic N) is 1. The van der Waals surface area contributed by atoms with Gasteiger partial charge in [-0.1, -0.05) is 30.3 Å². The van der Waals surface area contributed by atoms with E-state index in [4.69, 9.17) is 9.15 Å². The summed E-state index contributed by atoms with van der Waals surface area (Å²) in [6.07, 6.45) is 2.65. The summed E-state index contributed by atoms with van der Waals surface area (Å²) in [5.41, 5.74) is 0.426. The van der Waals surface area contributed by atoms with Gasteiger partial charge in [-0.25, -0.2) is 9.78 Å². The number of ether oxygens (including phenoxy) is 1. The molecule has 0 fully saturated rings. The monoisotopic (exact) mass is 329 g/mol. The van der Waals surface area contributed by atoms with Crippen LogP contribution >= 0.6 is 11.3 Å². The fraction of sp³-hybridized carbons (Fsp3) is 0.0625. The average Bonchev–Trinajstić information content (AvgIpc) is 3.08. The van der Waals surface area contributed by atoms with Crippen molar-refractivity contribution in [2.24, 2.45) is 0 Å². The summed E-state index contributed by atoms with van der Waals surface area (Å²) in [5.74, 6) is -2.21. The highest BCUT2D eigenvalue weighted by Gasteiger charge is 2.22. The molecule has 3 rings (SSSR count). The molecule has 23 heavy (non-hydrogen) atoms. The highest BCUT2D eigenvalue weighted by Crippen LogP contribution is 2.24. The van der Waals surface area contributed by atoms with Crippen LogP contribution in [-0.4, -0.2) is 16.1 Å². The minimum atomic E-state index is -1.36. The van der Waals surface area contributed by atoms with Gasteiger partial charge in [0.1, 0.15) is 17.9 Å². The van der Waals surface area contributed by atoms with Crippen LogP contribution in [0.1, 0.15) is 16.1 Å². The summed E-state index contributed by atoms with van der Waals surface area (Å²) in [4.78, 5) is 27.8. The Labute approximate surface area is 134 Å². The first-order valence-corrected chi connectivity index (χ1v) is 7.50. The molecule has 0 radical (unpaired) electrons. The molecule has 1 N–H and O–H groups in total. The standard InChI is InChI=1S/C16H11NO5S/c18-12-11(15-17-6-7-23-15)9-22-14(16(19)20)13(12)21-8-10-4-2-1-3-5-10/h1-7,9H,8H2,(H,19,20). The molecule has 0 spiro atoms. The maximum absolute atomic E-state index is 12.5. The van der Waals surface area contributed by atoms with Crippen LogP contribution in [0.25, 0.3) is 10.6 Å². The third-order valence-corrected chi connectivity index (χ3v) is 3.84. The lowest BCUT2D eigenvalue weighted by Crippen LogP contribution is -2.15. The second kappa shape index (κ2) is 6.45. The van der Waals surface area contributed by atoms with Gasteiger partial charge in [-0.05, 0) is 5.56 Å². The van der Waals surface area contributed by atoms with Gasteiger partial charge in [0.25, 0.3) is 5.76 Å². The van der Waals surface area contributed by atoms with Gasteiger partial charge in [0.15, 0.2) is 0 Å². The molecule has 0 atom stereocenters. The fourth-order valence-electron chi connectivity index (χ4n) is 1.96. The zero-order chi connectivity index (χ0) is 16.2. The number of carboxylic acid groups (broad SMARTS) is 1. The van der Waals surface area contributed by atoms with Crippen LogP contribution < -0.4 is 10.2 Å². The largest absolute Gasteiger partial charge is 0.481 e. The van der Waals surface area contributed by atoms with E-state index in [0.717, 1.165) is 11.8 Å². The smallest absolute Gasteiger partial charge is 0.375 e. The normalized spacial score (nSPS) is 10.4. The molecule has 7 heteroatoms. The van der Waals surface area contributed by atoms with E-state index in [2.05, 4.69) is 4.98 Å². The number of hydrogen-bond acceptors (Lipinski definition) is 6. The Balaban J connectivity index is 2.00. The predicted molar refractivity (Wildman–Crippen MR) is 83.8 cm³/mol. The van der Waals surface area contributed by atoms with Crippen LogP contribution in [-0.2, 0) is 6.61 Å². The second-order valence-corrected chi connectivity index (χ2v) is 5.45. The third-order valence-electron chi connectivity index (χ3n) is 3.03. The summed E-state index contributed by atoms with van der Waals surface area (Å²) in [5, 5.41) is 11.3. The van der Waals surface area contributed by atoms with Crippen molar-refractivity contribution in [3.8, 4) is 16.3 Å². The molecule has 6 nitrogen and oxygen atoms in total. The lowest BCUT2D eigenvalue weighted by Gasteiger charge is -2.08. The highest BCUT2D eigenvalue weighted by atomic mass is 32.1. The number of benzene rings is 1. The second-order valence-electron chi connectivity index (χ2n) is 4.55. The number of hydrogen-bond donors (Lipinski definition) is 1. The summed E-state index contributed by atoms with van der Waals surface area (Å²) < 4.78 is 10.5. The number of aromatic carboxylic acids is 1. The highest BCUT2D eigenvalue weighted by molar-refractivity contribution is 7.13. The van der Waals surface area contributed by atoms with Crippen LogP contribution in [0.5, 0.6) is 5.75 Å². The van der Waals surface area contributed by atoms with Crippen LogP contribution in [0, 0.1) is 0 Å². The summed E-state index contributed by atoms with van der Waals surface area (Å²) >= 11 is 1.25. The Morgan fingerprint density at radius 1 is 1.30 bits per heavy atom. The van der Waals surface area contributed by atoms with Gasteiger partial charge in [0, 0.05) is 11.6 Å². The third kappa shape index (κ3) is 3.14. The van der Waals surface area contributed by atoms with E-state index in [1.807, 2.05) is 30.3 Å². The number of thiazole rings is 1. The molecule has 0 aliphatic rings. The van der Waals surface area contributed by atoms with Crippen molar-refractivity contribution in [1.29, 1.82) is 0 Å². The van der Waals surface area contributed by atoms with Gasteiger partial charge < -0.3 is 14.3 Å². The average molecular weight is 329 g/mol. The number of rotatable bonds is 5. The molecular weight excluding hydrogens is 318 g/mol. The summed E-state index contributed by atoms with van der Waals surface area (Å²) in [7, 11) is 0. The van der Waals surface area contributed by atoms with E-state index in [0.29, 0.717) is 5.01 Å². The van der Waals surface area contributed by atoms with E-state index in [1.54, 1.807) is 11.6 Å². The van der Waals surface area contributed by atoms with E-state index >= 15 is 0 Å². The molecule has 0 unspecified atom stereocenters. The van der Waals surface area contributed by atoms with Crippen molar-refractivity contribution in [2.75, 3.05) is 0 Å². The maximum Gasteiger partial charge on any atom is 0.375 e. The zero-order valence-corrected chi connectivity index (χ0v) is 12.6. The molecule has 3 aromatic rings. The Kier molecular flexibility index (Phi) is 4.20. The Hall–Kier alpha value is -2.93. The van der Waals surface area contributed by atoms with Gasteiger partial charge in [-0.3, -0.25) is 4.79 Å². The Morgan fingerprint density at radius 3 is 2.74 bits per heavy atom. The lowest BCUT2D eigenvalue weighted by atomic mass is 10.2. The Morgan fingerprint density at radius 2 is 2.09 bits per heavy atom. The first-order chi connectivity index (χ1) is 11.2. The number of carboxylic acids is 1. The van der Waals surface area contributed by atoms with Crippen molar-refractivity contribution >= 4 is 17.3 Å². The van der Waals surface area contributed by atoms with Crippen molar-refractivity contribution in [3.05, 3.63) is 69.7 Å². The van der Waals surface area contributed by atoms with E-state index < -0.39 is 17.2 Å². The van der Waals surface area contributed by atoms with Crippen molar-refractivity contribution < 1.29 is 19.1 Å². The summed E-state index contributed by atoms with van der Waals surface area (Å²) in [6, 6.07) is 9.12. The van der Waals surface area contributed by atoms with Crippen molar-refractivity contribution in [2.45, 2.75) is 6.61 Å². The molecule has 0 amide bonds. The molecule has 0 bridgehead atoms.